The minimum Gasteiger partial charge on any atom is -0.497 e. The number of hydrogen-bond acceptors (Lipinski definition) is 4. The SMILES string of the molecule is CCn1nc(C)c(CCNC(=O)c2cn[nH]c2-c2cccc(OC)c2)c1C. The maximum absolute atomic E-state index is 12.7. The Morgan fingerprint density at radius 2 is 2.15 bits per heavy atom. The number of carbonyl (C=O) groups excluding carboxylic acids is 1. The van der Waals surface area contributed by atoms with Crippen molar-refractivity contribution in [1.29, 1.82) is 0 Å². The molecule has 0 radical (unpaired) electrons. The third kappa shape index (κ3) is 3.86. The van der Waals surface area contributed by atoms with Gasteiger partial charge in [0.15, 0.2) is 0 Å². The molecule has 0 atom stereocenters. The summed E-state index contributed by atoms with van der Waals surface area (Å²) in [7, 11) is 1.62. The van der Waals surface area contributed by atoms with Crippen LogP contribution in [0.15, 0.2) is 30.5 Å². The van der Waals surface area contributed by atoms with Crippen molar-refractivity contribution in [3.05, 3.63) is 53.0 Å². The molecule has 0 aliphatic heterocycles. The summed E-state index contributed by atoms with van der Waals surface area (Å²) >= 11 is 0. The van der Waals surface area contributed by atoms with Crippen LogP contribution in [0.3, 0.4) is 0 Å². The van der Waals surface area contributed by atoms with E-state index in [1.165, 1.54) is 5.56 Å². The molecule has 2 N–H and O–H groups in total. The summed E-state index contributed by atoms with van der Waals surface area (Å²) in [6.45, 7) is 7.53. The van der Waals surface area contributed by atoms with Gasteiger partial charge in [0.2, 0.25) is 0 Å². The molecule has 142 valence electrons. The van der Waals surface area contributed by atoms with Crippen LogP contribution in [0.1, 0.15) is 34.2 Å². The van der Waals surface area contributed by atoms with Crippen molar-refractivity contribution < 1.29 is 9.53 Å². The van der Waals surface area contributed by atoms with Crippen molar-refractivity contribution in [3.63, 3.8) is 0 Å². The van der Waals surface area contributed by atoms with Crippen LogP contribution < -0.4 is 10.1 Å². The van der Waals surface area contributed by atoms with E-state index in [9.17, 15) is 4.79 Å². The number of nitrogens with one attached hydrogen (secondary N) is 2. The molecule has 0 spiro atoms. The lowest BCUT2D eigenvalue weighted by molar-refractivity contribution is 0.0955. The lowest BCUT2D eigenvalue weighted by atomic mass is 10.1. The van der Waals surface area contributed by atoms with E-state index in [-0.39, 0.29) is 5.91 Å². The lowest BCUT2D eigenvalue weighted by Crippen LogP contribution is -2.26. The van der Waals surface area contributed by atoms with Crippen LogP contribution in [-0.4, -0.2) is 39.5 Å². The highest BCUT2D eigenvalue weighted by Gasteiger charge is 2.16. The van der Waals surface area contributed by atoms with Crippen molar-refractivity contribution in [2.45, 2.75) is 33.7 Å². The van der Waals surface area contributed by atoms with E-state index < -0.39 is 0 Å². The van der Waals surface area contributed by atoms with E-state index >= 15 is 0 Å². The van der Waals surface area contributed by atoms with Gasteiger partial charge in [0, 0.05) is 24.3 Å². The van der Waals surface area contributed by atoms with Crippen LogP contribution >= 0.6 is 0 Å². The van der Waals surface area contributed by atoms with Gasteiger partial charge < -0.3 is 10.1 Å². The number of benzene rings is 1. The zero-order chi connectivity index (χ0) is 19.4. The minimum absolute atomic E-state index is 0.153. The summed E-state index contributed by atoms with van der Waals surface area (Å²) in [6.07, 6.45) is 2.30. The number of rotatable bonds is 7. The van der Waals surface area contributed by atoms with Crippen molar-refractivity contribution >= 4 is 5.91 Å². The maximum atomic E-state index is 12.7. The molecule has 3 aromatic rings. The standard InChI is InChI=1S/C20H25N5O2/c1-5-25-14(3)17(13(2)24-25)9-10-21-20(26)18-12-22-23-19(18)15-7-6-8-16(11-15)27-4/h6-8,11-12H,5,9-10H2,1-4H3,(H,21,26)(H,22,23). The van der Waals surface area contributed by atoms with Crippen LogP contribution in [0.5, 0.6) is 5.75 Å². The molecule has 0 saturated carbocycles. The molecule has 1 amide bonds. The smallest absolute Gasteiger partial charge is 0.255 e. The highest BCUT2D eigenvalue weighted by Crippen LogP contribution is 2.25. The Bertz CT molecular complexity index is 942. The second-order valence-electron chi connectivity index (χ2n) is 6.36. The van der Waals surface area contributed by atoms with Crippen molar-refractivity contribution in [1.82, 2.24) is 25.3 Å². The Labute approximate surface area is 158 Å². The van der Waals surface area contributed by atoms with E-state index in [4.69, 9.17) is 4.74 Å². The van der Waals surface area contributed by atoms with Gasteiger partial charge in [0.05, 0.1) is 30.3 Å². The average Bonchev–Trinajstić information content (AvgIpc) is 3.28. The second kappa shape index (κ2) is 8.07. The molecular weight excluding hydrogens is 342 g/mol. The zero-order valence-electron chi connectivity index (χ0n) is 16.2. The number of nitrogens with zero attached hydrogens (tertiary/aromatic N) is 3. The topological polar surface area (TPSA) is 84.8 Å². The Morgan fingerprint density at radius 3 is 2.85 bits per heavy atom. The van der Waals surface area contributed by atoms with Crippen molar-refractivity contribution in [2.24, 2.45) is 0 Å². The van der Waals surface area contributed by atoms with Crippen molar-refractivity contribution in [2.75, 3.05) is 13.7 Å². The van der Waals surface area contributed by atoms with Crippen LogP contribution in [0.4, 0.5) is 0 Å². The number of ether oxygens (including phenoxy) is 1. The largest absolute Gasteiger partial charge is 0.497 e. The number of aromatic nitrogens is 4. The van der Waals surface area contributed by atoms with Gasteiger partial charge in [-0.1, -0.05) is 12.1 Å². The second-order valence-corrected chi connectivity index (χ2v) is 6.36. The first-order valence-electron chi connectivity index (χ1n) is 9.04. The molecular formula is C20H25N5O2. The minimum atomic E-state index is -0.153. The number of aryl methyl sites for hydroxylation is 2. The third-order valence-corrected chi connectivity index (χ3v) is 4.73. The molecule has 0 aliphatic rings. The van der Waals surface area contributed by atoms with E-state index in [2.05, 4.69) is 34.5 Å². The third-order valence-electron chi connectivity index (χ3n) is 4.73. The van der Waals surface area contributed by atoms with Crippen LogP contribution in [0.25, 0.3) is 11.3 Å². The predicted molar refractivity (Wildman–Crippen MR) is 104 cm³/mol. The number of methoxy groups -OCH3 is 1. The highest BCUT2D eigenvalue weighted by molar-refractivity contribution is 5.99. The summed E-state index contributed by atoms with van der Waals surface area (Å²) in [5, 5.41) is 14.5. The Hall–Kier alpha value is -3.09. The van der Waals surface area contributed by atoms with Gasteiger partial charge in [0.25, 0.3) is 5.91 Å². The van der Waals surface area contributed by atoms with E-state index in [0.29, 0.717) is 17.8 Å². The number of aromatic amines is 1. The average molecular weight is 367 g/mol. The Morgan fingerprint density at radius 1 is 1.33 bits per heavy atom. The van der Waals surface area contributed by atoms with E-state index in [0.717, 1.165) is 35.7 Å². The molecule has 1 aromatic carbocycles. The zero-order valence-corrected chi connectivity index (χ0v) is 16.2. The number of amides is 1. The summed E-state index contributed by atoms with van der Waals surface area (Å²) in [6, 6.07) is 7.53. The quantitative estimate of drug-likeness (QED) is 0.672. The molecule has 0 bridgehead atoms. The van der Waals surface area contributed by atoms with Gasteiger partial charge in [-0.15, -0.1) is 0 Å². The van der Waals surface area contributed by atoms with Gasteiger partial charge in [0.1, 0.15) is 5.75 Å². The normalized spacial score (nSPS) is 10.8. The highest BCUT2D eigenvalue weighted by atomic mass is 16.5. The van der Waals surface area contributed by atoms with Crippen LogP contribution in [-0.2, 0) is 13.0 Å². The molecule has 0 unspecified atom stereocenters. The summed E-state index contributed by atoms with van der Waals surface area (Å²) in [5.41, 5.74) is 5.41. The first-order chi connectivity index (χ1) is 13.0. The van der Waals surface area contributed by atoms with Crippen LogP contribution in [0.2, 0.25) is 0 Å². The van der Waals surface area contributed by atoms with Crippen molar-refractivity contribution in [3.8, 4) is 17.0 Å². The maximum Gasteiger partial charge on any atom is 0.255 e. The van der Waals surface area contributed by atoms with Gasteiger partial charge in [-0.3, -0.25) is 14.6 Å². The number of hydrogen-bond donors (Lipinski definition) is 2. The molecule has 0 fully saturated rings. The number of H-pyrrole nitrogens is 1. The Kier molecular flexibility index (Phi) is 5.59. The molecule has 7 heteroatoms. The lowest BCUT2D eigenvalue weighted by Gasteiger charge is -2.08. The van der Waals surface area contributed by atoms with E-state index in [1.54, 1.807) is 13.3 Å². The Balaban J connectivity index is 1.69. The van der Waals surface area contributed by atoms with Gasteiger partial charge in [-0.05, 0) is 44.9 Å². The molecule has 2 heterocycles. The fourth-order valence-electron chi connectivity index (χ4n) is 3.26. The predicted octanol–water partition coefficient (Wildman–Crippen LogP) is 2.89. The summed E-state index contributed by atoms with van der Waals surface area (Å²) in [5.74, 6) is 0.576. The van der Waals surface area contributed by atoms with E-state index in [1.807, 2.05) is 35.9 Å². The molecule has 27 heavy (non-hydrogen) atoms. The fourth-order valence-corrected chi connectivity index (χ4v) is 3.26. The molecule has 7 nitrogen and oxygen atoms in total. The van der Waals surface area contributed by atoms with Gasteiger partial charge in [-0.25, -0.2) is 0 Å². The molecule has 0 saturated heterocycles. The molecule has 2 aromatic heterocycles. The molecule has 0 aliphatic carbocycles. The summed E-state index contributed by atoms with van der Waals surface area (Å²) < 4.78 is 7.25. The monoisotopic (exact) mass is 367 g/mol. The first-order valence-corrected chi connectivity index (χ1v) is 9.04. The first kappa shape index (κ1) is 18.7. The van der Waals surface area contributed by atoms with Crippen LogP contribution in [0, 0.1) is 13.8 Å². The van der Waals surface area contributed by atoms with Gasteiger partial charge >= 0.3 is 0 Å². The molecule has 3 rings (SSSR count). The summed E-state index contributed by atoms with van der Waals surface area (Å²) in [4.78, 5) is 12.7. The van der Waals surface area contributed by atoms with Gasteiger partial charge in [-0.2, -0.15) is 10.2 Å². The number of carbonyl (C=O) groups is 1. The fraction of sp³-hybridized carbons (Fsp3) is 0.350.